The van der Waals surface area contributed by atoms with Crippen LogP contribution in [0, 0.1) is 0 Å². The molecule has 1 fully saturated rings. The van der Waals surface area contributed by atoms with Gasteiger partial charge in [-0.3, -0.25) is 4.68 Å². The number of nitrogens with one attached hydrogen (secondary N) is 1. The van der Waals surface area contributed by atoms with Crippen LogP contribution in [0.1, 0.15) is 25.5 Å². The summed E-state index contributed by atoms with van der Waals surface area (Å²) < 4.78 is 2.02. The van der Waals surface area contributed by atoms with E-state index in [0.29, 0.717) is 0 Å². The van der Waals surface area contributed by atoms with Crippen LogP contribution >= 0.6 is 0 Å². The molecule has 2 aromatic rings. The molecule has 0 saturated carbocycles. The molecule has 0 amide bonds. The normalized spacial score (nSPS) is 14.8. The zero-order valence-electron chi connectivity index (χ0n) is 12.0. The topological polar surface area (TPSA) is 33.1 Å². The molecule has 4 nitrogen and oxygen atoms in total. The van der Waals surface area contributed by atoms with E-state index in [1.165, 1.54) is 37.3 Å². The van der Waals surface area contributed by atoms with E-state index in [0.717, 1.165) is 18.8 Å². The van der Waals surface area contributed by atoms with Crippen molar-refractivity contribution in [3.63, 3.8) is 0 Å². The molecule has 0 bridgehead atoms. The molecule has 1 aromatic heterocycles. The van der Waals surface area contributed by atoms with Crippen LogP contribution in [0.15, 0.2) is 36.5 Å². The Kier molecular flexibility index (Phi) is 3.90. The second-order valence-electron chi connectivity index (χ2n) is 5.23. The van der Waals surface area contributed by atoms with Crippen LogP contribution in [0.25, 0.3) is 0 Å². The van der Waals surface area contributed by atoms with Crippen LogP contribution in [0.3, 0.4) is 0 Å². The summed E-state index contributed by atoms with van der Waals surface area (Å²) in [5.41, 5.74) is 3.72. The van der Waals surface area contributed by atoms with Crippen molar-refractivity contribution in [2.24, 2.45) is 0 Å². The first-order chi connectivity index (χ1) is 9.86. The van der Waals surface area contributed by atoms with Crippen LogP contribution < -0.4 is 10.2 Å². The molecule has 0 spiro atoms. The largest absolute Gasteiger partial charge is 0.379 e. The summed E-state index contributed by atoms with van der Waals surface area (Å²) in [5, 5.41) is 7.74. The molecule has 1 aliphatic rings. The minimum Gasteiger partial charge on any atom is -0.379 e. The standard InChI is InChI=1S/C16H22N4/c1-2-20-16(9-10-18-20)13-17-14-5-7-15(8-6-14)19-11-3-4-12-19/h5-10,17H,2-4,11-13H2,1H3. The number of hydrogen-bond donors (Lipinski definition) is 1. The number of hydrogen-bond acceptors (Lipinski definition) is 3. The minimum absolute atomic E-state index is 0.816. The van der Waals surface area contributed by atoms with Gasteiger partial charge in [0.2, 0.25) is 0 Å². The number of benzene rings is 1. The lowest BCUT2D eigenvalue weighted by molar-refractivity contribution is 0.627. The third kappa shape index (κ3) is 2.79. The SMILES string of the molecule is CCn1nccc1CNc1ccc(N2CCCC2)cc1. The number of anilines is 2. The smallest absolute Gasteiger partial charge is 0.0575 e. The van der Waals surface area contributed by atoms with Gasteiger partial charge in [0.25, 0.3) is 0 Å². The highest BCUT2D eigenvalue weighted by atomic mass is 15.3. The first-order valence-corrected chi connectivity index (χ1v) is 7.46. The highest BCUT2D eigenvalue weighted by molar-refractivity contribution is 5.55. The summed E-state index contributed by atoms with van der Waals surface area (Å²) >= 11 is 0. The fraction of sp³-hybridized carbons (Fsp3) is 0.438. The predicted molar refractivity (Wildman–Crippen MR) is 83.1 cm³/mol. The van der Waals surface area contributed by atoms with Gasteiger partial charge < -0.3 is 10.2 Å². The van der Waals surface area contributed by atoms with Crippen LogP contribution in [-0.4, -0.2) is 22.9 Å². The van der Waals surface area contributed by atoms with Gasteiger partial charge in [0.05, 0.1) is 12.2 Å². The van der Waals surface area contributed by atoms with E-state index in [1.807, 2.05) is 10.9 Å². The fourth-order valence-corrected chi connectivity index (χ4v) is 2.75. The summed E-state index contributed by atoms with van der Waals surface area (Å²) in [7, 11) is 0. The van der Waals surface area contributed by atoms with E-state index in [4.69, 9.17) is 0 Å². The van der Waals surface area contributed by atoms with Crippen molar-refractivity contribution in [3.8, 4) is 0 Å². The van der Waals surface area contributed by atoms with E-state index in [1.54, 1.807) is 0 Å². The molecule has 0 aliphatic carbocycles. The molecule has 1 aromatic carbocycles. The van der Waals surface area contributed by atoms with Gasteiger partial charge in [-0.1, -0.05) is 0 Å². The zero-order valence-corrected chi connectivity index (χ0v) is 12.0. The molecule has 106 valence electrons. The second kappa shape index (κ2) is 5.99. The molecular weight excluding hydrogens is 248 g/mol. The fourth-order valence-electron chi connectivity index (χ4n) is 2.75. The van der Waals surface area contributed by atoms with Gasteiger partial charge in [0.1, 0.15) is 0 Å². The average molecular weight is 270 g/mol. The quantitative estimate of drug-likeness (QED) is 0.906. The number of aryl methyl sites for hydroxylation is 1. The zero-order chi connectivity index (χ0) is 13.8. The Hall–Kier alpha value is -1.97. The monoisotopic (exact) mass is 270 g/mol. The molecule has 1 N–H and O–H groups in total. The minimum atomic E-state index is 0.816. The summed E-state index contributed by atoms with van der Waals surface area (Å²) in [6, 6.07) is 10.8. The van der Waals surface area contributed by atoms with E-state index in [-0.39, 0.29) is 0 Å². The van der Waals surface area contributed by atoms with Crippen LogP contribution in [-0.2, 0) is 13.1 Å². The molecule has 1 saturated heterocycles. The molecule has 2 heterocycles. The summed E-state index contributed by atoms with van der Waals surface area (Å²) in [6.45, 7) is 6.24. The Morgan fingerprint density at radius 3 is 2.55 bits per heavy atom. The van der Waals surface area contributed by atoms with Gasteiger partial charge in [0.15, 0.2) is 0 Å². The third-order valence-electron chi connectivity index (χ3n) is 3.92. The summed E-state index contributed by atoms with van der Waals surface area (Å²) in [6.07, 6.45) is 4.50. The first-order valence-electron chi connectivity index (χ1n) is 7.46. The third-order valence-corrected chi connectivity index (χ3v) is 3.92. The van der Waals surface area contributed by atoms with Crippen molar-refractivity contribution < 1.29 is 0 Å². The maximum Gasteiger partial charge on any atom is 0.0575 e. The van der Waals surface area contributed by atoms with E-state index >= 15 is 0 Å². The Bertz CT molecular complexity index is 538. The Morgan fingerprint density at radius 1 is 1.10 bits per heavy atom. The first kappa shape index (κ1) is 13.0. The number of nitrogens with zero attached hydrogens (tertiary/aromatic N) is 3. The maximum atomic E-state index is 4.28. The lowest BCUT2D eigenvalue weighted by atomic mass is 10.2. The van der Waals surface area contributed by atoms with Crippen molar-refractivity contribution >= 4 is 11.4 Å². The predicted octanol–water partition coefficient (Wildman–Crippen LogP) is 3.12. The maximum absolute atomic E-state index is 4.28. The van der Waals surface area contributed by atoms with Gasteiger partial charge in [-0.2, -0.15) is 5.10 Å². The Morgan fingerprint density at radius 2 is 1.85 bits per heavy atom. The molecular formula is C16H22N4. The lowest BCUT2D eigenvalue weighted by Crippen LogP contribution is -2.17. The number of aromatic nitrogens is 2. The Labute approximate surface area is 120 Å². The van der Waals surface area contributed by atoms with Crippen LogP contribution in [0.2, 0.25) is 0 Å². The molecule has 1 aliphatic heterocycles. The highest BCUT2D eigenvalue weighted by Gasteiger charge is 2.11. The summed E-state index contributed by atoms with van der Waals surface area (Å²) in [5.74, 6) is 0. The van der Waals surface area contributed by atoms with Crippen molar-refractivity contribution in [1.82, 2.24) is 9.78 Å². The van der Waals surface area contributed by atoms with E-state index in [9.17, 15) is 0 Å². The van der Waals surface area contributed by atoms with Crippen LogP contribution in [0.4, 0.5) is 11.4 Å². The lowest BCUT2D eigenvalue weighted by Gasteiger charge is -2.18. The van der Waals surface area contributed by atoms with Gasteiger partial charge in [-0.15, -0.1) is 0 Å². The van der Waals surface area contributed by atoms with E-state index < -0.39 is 0 Å². The van der Waals surface area contributed by atoms with E-state index in [2.05, 4.69) is 52.6 Å². The average Bonchev–Trinajstić information content (AvgIpc) is 3.16. The van der Waals surface area contributed by atoms with Gasteiger partial charge in [0, 0.05) is 37.2 Å². The van der Waals surface area contributed by atoms with Crippen molar-refractivity contribution in [2.45, 2.75) is 32.9 Å². The second-order valence-corrected chi connectivity index (χ2v) is 5.23. The van der Waals surface area contributed by atoms with Gasteiger partial charge >= 0.3 is 0 Å². The summed E-state index contributed by atoms with van der Waals surface area (Å²) in [4.78, 5) is 2.45. The molecule has 3 rings (SSSR count). The van der Waals surface area contributed by atoms with Crippen molar-refractivity contribution in [3.05, 3.63) is 42.2 Å². The molecule has 20 heavy (non-hydrogen) atoms. The highest BCUT2D eigenvalue weighted by Crippen LogP contribution is 2.22. The van der Waals surface area contributed by atoms with Crippen molar-refractivity contribution in [2.75, 3.05) is 23.3 Å². The molecule has 0 atom stereocenters. The Balaban J connectivity index is 1.60. The molecule has 0 radical (unpaired) electrons. The molecule has 4 heteroatoms. The van der Waals surface area contributed by atoms with Crippen molar-refractivity contribution in [1.29, 1.82) is 0 Å². The van der Waals surface area contributed by atoms with Gasteiger partial charge in [-0.05, 0) is 50.1 Å². The van der Waals surface area contributed by atoms with Gasteiger partial charge in [-0.25, -0.2) is 0 Å². The molecule has 0 unspecified atom stereocenters. The number of rotatable bonds is 5. The van der Waals surface area contributed by atoms with Crippen LogP contribution in [0.5, 0.6) is 0 Å².